The van der Waals surface area contributed by atoms with Crippen LogP contribution in [0.15, 0.2) is 94.9 Å². The molecule has 0 aliphatic heterocycles. The highest BCUT2D eigenvalue weighted by Crippen LogP contribution is 2.30. The van der Waals surface area contributed by atoms with Gasteiger partial charge in [-0.1, -0.05) is 60.7 Å². The first-order valence-electron chi connectivity index (χ1n) is 9.05. The van der Waals surface area contributed by atoms with Crippen LogP contribution in [0.1, 0.15) is 22.5 Å². The second-order valence-corrected chi connectivity index (χ2v) is 8.30. The van der Waals surface area contributed by atoms with Crippen LogP contribution in [-0.2, 0) is 0 Å². The van der Waals surface area contributed by atoms with Gasteiger partial charge in [0.15, 0.2) is 18.0 Å². The van der Waals surface area contributed by atoms with Crippen LogP contribution < -0.4 is 5.09 Å². The zero-order chi connectivity index (χ0) is 20.8. The molecule has 0 bridgehead atoms. The minimum absolute atomic E-state index is 0.226. The summed E-state index contributed by atoms with van der Waals surface area (Å²) in [6.07, 6.45) is 4.99. The zero-order valence-corrected chi connectivity index (χ0v) is 18.9. The van der Waals surface area contributed by atoms with Crippen molar-refractivity contribution < 1.29 is 4.42 Å². The normalized spacial score (nSPS) is 10.8. The molecule has 1 atom stereocenters. The summed E-state index contributed by atoms with van der Waals surface area (Å²) in [7, 11) is 0. The number of oxazole rings is 1. The van der Waals surface area contributed by atoms with Crippen LogP contribution in [0.3, 0.4) is 0 Å². The molecular weight excluding hydrogens is 508 g/mol. The van der Waals surface area contributed by atoms with Crippen molar-refractivity contribution in [2.24, 2.45) is 4.99 Å². The van der Waals surface area contributed by atoms with Crippen LogP contribution in [0.2, 0.25) is 0 Å². The summed E-state index contributed by atoms with van der Waals surface area (Å²) in [5.41, 5.74) is 4.44. The van der Waals surface area contributed by atoms with Crippen molar-refractivity contribution in [1.82, 2.24) is 9.97 Å². The Labute approximate surface area is 188 Å². The third kappa shape index (κ3) is 4.63. The highest BCUT2D eigenvalue weighted by molar-refractivity contribution is 14.2. The molecule has 2 heterocycles. The van der Waals surface area contributed by atoms with E-state index in [4.69, 9.17) is 14.8 Å². The molecule has 0 aliphatic rings. The second-order valence-electron chi connectivity index (χ2n) is 6.24. The Kier molecular flexibility index (Phi) is 6.61. The Morgan fingerprint density at radius 1 is 1.00 bits per heavy atom. The number of hydrogen-bond acceptors (Lipinski definition) is 6. The third-order valence-corrected chi connectivity index (χ3v) is 5.51. The summed E-state index contributed by atoms with van der Waals surface area (Å²) >= 11 is 2.24. The van der Waals surface area contributed by atoms with Crippen molar-refractivity contribution in [3.05, 3.63) is 108 Å². The van der Waals surface area contributed by atoms with Gasteiger partial charge in [-0.2, -0.15) is 0 Å². The molecule has 148 valence electrons. The molecule has 0 spiro atoms. The standard InChI is InChI=1S/C22H17IN5OP/c23-30-28-18-12-26-20(11-17(18)21(24)19-13-25-14-29-19)27-22(15-7-3-1-4-8-15)16-9-5-2-6-10-16/h1-14,24,28,30H. The van der Waals surface area contributed by atoms with Crippen LogP contribution in [0, 0.1) is 5.41 Å². The molecule has 30 heavy (non-hydrogen) atoms. The lowest BCUT2D eigenvalue weighted by Gasteiger charge is -2.11. The second kappa shape index (κ2) is 9.73. The molecule has 0 amide bonds. The molecular formula is C22H17IN5OP. The molecule has 4 rings (SSSR count). The van der Waals surface area contributed by atoms with Gasteiger partial charge in [-0.25, -0.2) is 15.0 Å². The van der Waals surface area contributed by atoms with E-state index in [9.17, 15) is 0 Å². The van der Waals surface area contributed by atoms with Gasteiger partial charge in [0.1, 0.15) is 5.71 Å². The van der Waals surface area contributed by atoms with Crippen molar-refractivity contribution in [2.45, 2.75) is 0 Å². The molecule has 2 aromatic carbocycles. The Balaban J connectivity index is 1.82. The Bertz CT molecular complexity index is 1120. The predicted octanol–water partition coefficient (Wildman–Crippen LogP) is 6.01. The van der Waals surface area contributed by atoms with E-state index in [1.54, 1.807) is 12.3 Å². The minimum atomic E-state index is 0.226. The van der Waals surface area contributed by atoms with Crippen molar-refractivity contribution >= 4 is 51.3 Å². The summed E-state index contributed by atoms with van der Waals surface area (Å²) in [4.78, 5) is 13.3. The molecule has 0 fully saturated rings. The number of nitrogens with one attached hydrogen (secondary N) is 2. The van der Waals surface area contributed by atoms with Crippen molar-refractivity contribution in [2.75, 3.05) is 5.09 Å². The molecule has 0 aliphatic carbocycles. The fourth-order valence-corrected chi connectivity index (χ4v) is 4.11. The number of pyridine rings is 1. The van der Waals surface area contributed by atoms with Crippen LogP contribution in [-0.4, -0.2) is 21.4 Å². The lowest BCUT2D eigenvalue weighted by molar-refractivity contribution is 0.548. The SMILES string of the molecule is N=C(c1cnco1)c1cc(N=C(c2ccccc2)c2ccccc2)ncc1NPI. The van der Waals surface area contributed by atoms with E-state index in [1.807, 2.05) is 60.7 Å². The first kappa shape index (κ1) is 20.4. The van der Waals surface area contributed by atoms with Gasteiger partial charge in [0.2, 0.25) is 0 Å². The Morgan fingerprint density at radius 2 is 1.67 bits per heavy atom. The van der Waals surface area contributed by atoms with Gasteiger partial charge in [0, 0.05) is 23.1 Å². The lowest BCUT2D eigenvalue weighted by Crippen LogP contribution is -2.05. The molecule has 6 nitrogen and oxygen atoms in total. The van der Waals surface area contributed by atoms with Gasteiger partial charge in [0.05, 0.1) is 23.8 Å². The summed E-state index contributed by atoms with van der Waals surface area (Å²) in [5.74, 6) is 0.904. The molecule has 0 saturated carbocycles. The van der Waals surface area contributed by atoms with E-state index in [0.29, 0.717) is 23.5 Å². The van der Waals surface area contributed by atoms with E-state index in [1.165, 1.54) is 12.6 Å². The van der Waals surface area contributed by atoms with Gasteiger partial charge < -0.3 is 9.50 Å². The maximum Gasteiger partial charge on any atom is 0.181 e. The number of rotatable bonds is 7. The van der Waals surface area contributed by atoms with E-state index < -0.39 is 0 Å². The van der Waals surface area contributed by atoms with Gasteiger partial charge in [-0.3, -0.25) is 5.41 Å². The minimum Gasteiger partial charge on any atom is -0.442 e. The zero-order valence-electron chi connectivity index (χ0n) is 15.7. The van der Waals surface area contributed by atoms with E-state index in [-0.39, 0.29) is 5.71 Å². The van der Waals surface area contributed by atoms with Crippen molar-refractivity contribution in [3.63, 3.8) is 0 Å². The molecule has 2 aromatic heterocycles. The summed E-state index contributed by atoms with van der Waals surface area (Å²) in [6, 6.07) is 21.8. The largest absolute Gasteiger partial charge is 0.442 e. The lowest BCUT2D eigenvalue weighted by atomic mass is 10.0. The molecule has 0 saturated heterocycles. The number of aliphatic imine (C=N–C) groups is 1. The highest BCUT2D eigenvalue weighted by Gasteiger charge is 2.15. The summed E-state index contributed by atoms with van der Waals surface area (Å²) < 4.78 is 5.32. The molecule has 8 heteroatoms. The maximum absolute atomic E-state index is 8.56. The van der Waals surface area contributed by atoms with E-state index >= 15 is 0 Å². The van der Waals surface area contributed by atoms with Crippen LogP contribution in [0.4, 0.5) is 11.5 Å². The van der Waals surface area contributed by atoms with E-state index in [0.717, 1.165) is 22.5 Å². The van der Waals surface area contributed by atoms with Crippen LogP contribution >= 0.6 is 28.4 Å². The predicted molar refractivity (Wildman–Crippen MR) is 131 cm³/mol. The topological polar surface area (TPSA) is 87.2 Å². The maximum atomic E-state index is 8.56. The molecule has 1 unspecified atom stereocenters. The molecule has 0 radical (unpaired) electrons. The van der Waals surface area contributed by atoms with Crippen molar-refractivity contribution in [1.29, 1.82) is 5.41 Å². The quantitative estimate of drug-likeness (QED) is 0.176. The number of halogens is 1. The van der Waals surface area contributed by atoms with Gasteiger partial charge in [0.25, 0.3) is 0 Å². The van der Waals surface area contributed by atoms with Crippen LogP contribution in [0.25, 0.3) is 0 Å². The first-order valence-corrected chi connectivity index (χ1v) is 13.2. The first-order chi connectivity index (χ1) is 14.8. The highest BCUT2D eigenvalue weighted by atomic mass is 127. The fourth-order valence-electron chi connectivity index (χ4n) is 2.94. The average molecular weight is 525 g/mol. The number of aromatic nitrogens is 2. The summed E-state index contributed by atoms with van der Waals surface area (Å²) in [5, 5.41) is 11.8. The Morgan fingerprint density at radius 3 is 2.23 bits per heavy atom. The number of hydrogen-bond donors (Lipinski definition) is 2. The molecule has 4 aromatic rings. The van der Waals surface area contributed by atoms with Gasteiger partial charge in [-0.05, 0) is 28.1 Å². The molecule has 2 N–H and O–H groups in total. The Hall–Kier alpha value is -2.90. The summed E-state index contributed by atoms with van der Waals surface area (Å²) in [6.45, 7) is 0. The number of benzene rings is 2. The number of anilines is 1. The van der Waals surface area contributed by atoms with Crippen molar-refractivity contribution in [3.8, 4) is 0 Å². The average Bonchev–Trinajstić information content (AvgIpc) is 3.34. The third-order valence-electron chi connectivity index (χ3n) is 4.34. The van der Waals surface area contributed by atoms with Gasteiger partial charge in [-0.15, -0.1) is 0 Å². The van der Waals surface area contributed by atoms with Crippen LogP contribution in [0.5, 0.6) is 0 Å². The number of nitrogens with zero attached hydrogens (tertiary/aromatic N) is 3. The van der Waals surface area contributed by atoms with E-state index in [2.05, 4.69) is 37.1 Å². The monoisotopic (exact) mass is 525 g/mol. The fraction of sp³-hybridized carbons (Fsp3) is 0. The smallest absolute Gasteiger partial charge is 0.181 e. The van der Waals surface area contributed by atoms with Gasteiger partial charge >= 0.3 is 0 Å².